The normalized spacial score (nSPS) is 10.6. The summed E-state index contributed by atoms with van der Waals surface area (Å²) < 4.78 is 3.17. The third-order valence-electron chi connectivity index (χ3n) is 2.79. The molecule has 18 heavy (non-hydrogen) atoms. The highest BCUT2D eigenvalue weighted by molar-refractivity contribution is 5.54. The summed E-state index contributed by atoms with van der Waals surface area (Å²) in [6.07, 6.45) is 3.11. The van der Waals surface area contributed by atoms with Crippen molar-refractivity contribution in [1.82, 2.24) is 19.6 Å². The Labute approximate surface area is 103 Å². The van der Waals surface area contributed by atoms with E-state index < -0.39 is 4.92 Å². The molecule has 0 radical (unpaired) electrons. The molecule has 0 aliphatic heterocycles. The van der Waals surface area contributed by atoms with Gasteiger partial charge in [-0.2, -0.15) is 5.10 Å². The van der Waals surface area contributed by atoms with E-state index in [-0.39, 0.29) is 11.5 Å². The molecule has 2 aromatic heterocycles. The molecule has 1 N–H and O–H groups in total. The van der Waals surface area contributed by atoms with Gasteiger partial charge in [-0.05, 0) is 6.92 Å². The molecular formula is C10H14N6O2. The van der Waals surface area contributed by atoms with Gasteiger partial charge >= 0.3 is 5.69 Å². The summed E-state index contributed by atoms with van der Waals surface area (Å²) in [6.45, 7) is 2.40. The predicted octanol–water partition coefficient (Wildman–Crippen LogP) is 0.982. The zero-order valence-corrected chi connectivity index (χ0v) is 10.4. The van der Waals surface area contributed by atoms with Crippen molar-refractivity contribution in [3.8, 4) is 0 Å². The number of anilines is 1. The van der Waals surface area contributed by atoms with E-state index in [2.05, 4.69) is 15.5 Å². The first-order valence-electron chi connectivity index (χ1n) is 5.38. The molecule has 96 valence electrons. The number of nitro groups is 1. The van der Waals surface area contributed by atoms with Crippen molar-refractivity contribution in [3.63, 3.8) is 0 Å². The lowest BCUT2D eigenvalue weighted by Gasteiger charge is -2.02. The monoisotopic (exact) mass is 250 g/mol. The SMILES string of the molecule is Cc1c(CNc2nn(C)cc2[N+](=O)[O-])cnn1C. The van der Waals surface area contributed by atoms with Crippen LogP contribution in [0.5, 0.6) is 0 Å². The Morgan fingerprint density at radius 3 is 2.78 bits per heavy atom. The van der Waals surface area contributed by atoms with Crippen LogP contribution in [0.25, 0.3) is 0 Å². The molecule has 2 heterocycles. The van der Waals surface area contributed by atoms with E-state index in [0.717, 1.165) is 11.3 Å². The second-order valence-corrected chi connectivity index (χ2v) is 4.03. The van der Waals surface area contributed by atoms with Crippen molar-refractivity contribution in [2.24, 2.45) is 14.1 Å². The van der Waals surface area contributed by atoms with Crippen LogP contribution in [0.3, 0.4) is 0 Å². The van der Waals surface area contributed by atoms with Crippen molar-refractivity contribution < 1.29 is 4.92 Å². The summed E-state index contributed by atoms with van der Waals surface area (Å²) in [7, 11) is 3.50. The third-order valence-corrected chi connectivity index (χ3v) is 2.79. The number of nitrogens with zero attached hydrogens (tertiary/aromatic N) is 5. The summed E-state index contributed by atoms with van der Waals surface area (Å²) in [5, 5.41) is 21.9. The molecule has 0 saturated carbocycles. The smallest absolute Gasteiger partial charge is 0.330 e. The lowest BCUT2D eigenvalue weighted by Crippen LogP contribution is -2.04. The van der Waals surface area contributed by atoms with Crippen LogP contribution in [0.2, 0.25) is 0 Å². The predicted molar refractivity (Wildman–Crippen MR) is 65.1 cm³/mol. The fourth-order valence-electron chi connectivity index (χ4n) is 1.63. The number of aromatic nitrogens is 4. The Morgan fingerprint density at radius 1 is 1.50 bits per heavy atom. The first-order valence-corrected chi connectivity index (χ1v) is 5.38. The van der Waals surface area contributed by atoms with E-state index in [4.69, 9.17) is 0 Å². The maximum Gasteiger partial charge on any atom is 0.330 e. The van der Waals surface area contributed by atoms with Gasteiger partial charge in [0.25, 0.3) is 0 Å². The van der Waals surface area contributed by atoms with Crippen LogP contribution >= 0.6 is 0 Å². The minimum Gasteiger partial charge on any atom is -0.359 e. The van der Waals surface area contributed by atoms with Gasteiger partial charge in [0.2, 0.25) is 5.82 Å². The molecule has 0 aliphatic carbocycles. The molecule has 0 spiro atoms. The molecule has 0 atom stereocenters. The van der Waals surface area contributed by atoms with Crippen LogP contribution in [-0.2, 0) is 20.6 Å². The molecule has 0 amide bonds. The van der Waals surface area contributed by atoms with Crippen molar-refractivity contribution in [2.75, 3.05) is 5.32 Å². The van der Waals surface area contributed by atoms with Crippen LogP contribution in [0.15, 0.2) is 12.4 Å². The fourth-order valence-corrected chi connectivity index (χ4v) is 1.63. The Bertz CT molecular complexity index is 585. The standard InChI is InChI=1S/C10H14N6O2/c1-7-8(5-12-15(7)3)4-11-10-9(16(17)18)6-14(2)13-10/h5-6H,4H2,1-3H3,(H,11,13). The zero-order valence-electron chi connectivity index (χ0n) is 10.4. The van der Waals surface area contributed by atoms with Gasteiger partial charge in [0.1, 0.15) is 6.20 Å². The van der Waals surface area contributed by atoms with Crippen molar-refractivity contribution >= 4 is 11.5 Å². The highest BCUT2D eigenvalue weighted by atomic mass is 16.6. The van der Waals surface area contributed by atoms with E-state index in [9.17, 15) is 10.1 Å². The minimum absolute atomic E-state index is 0.0287. The Balaban J connectivity index is 2.15. The van der Waals surface area contributed by atoms with Crippen LogP contribution in [0, 0.1) is 17.0 Å². The first-order chi connectivity index (χ1) is 8.49. The minimum atomic E-state index is -0.453. The topological polar surface area (TPSA) is 90.8 Å². The quantitative estimate of drug-likeness (QED) is 0.645. The third kappa shape index (κ3) is 2.17. The molecule has 0 aliphatic rings. The molecule has 8 nitrogen and oxygen atoms in total. The molecule has 0 unspecified atom stereocenters. The summed E-state index contributed by atoms with van der Waals surface area (Å²) >= 11 is 0. The molecule has 2 aromatic rings. The highest BCUT2D eigenvalue weighted by Gasteiger charge is 2.18. The highest BCUT2D eigenvalue weighted by Crippen LogP contribution is 2.22. The summed E-state index contributed by atoms with van der Waals surface area (Å²) in [5.74, 6) is 0.269. The zero-order chi connectivity index (χ0) is 13.3. The number of nitrogens with one attached hydrogen (secondary N) is 1. The number of rotatable bonds is 4. The maximum atomic E-state index is 10.8. The van der Waals surface area contributed by atoms with Crippen molar-refractivity contribution in [2.45, 2.75) is 13.5 Å². The summed E-state index contributed by atoms with van der Waals surface area (Å²) in [5.41, 5.74) is 1.97. The Kier molecular flexibility index (Phi) is 3.00. The van der Waals surface area contributed by atoms with Crippen LogP contribution < -0.4 is 5.32 Å². The van der Waals surface area contributed by atoms with Crippen molar-refractivity contribution in [1.29, 1.82) is 0 Å². The molecule has 0 saturated heterocycles. The Hall–Kier alpha value is -2.38. The van der Waals surface area contributed by atoms with Gasteiger partial charge in [-0.1, -0.05) is 0 Å². The number of hydrogen-bond acceptors (Lipinski definition) is 5. The molecular weight excluding hydrogens is 236 g/mol. The van der Waals surface area contributed by atoms with Gasteiger partial charge in [-0.25, -0.2) is 0 Å². The van der Waals surface area contributed by atoms with Gasteiger partial charge in [-0.15, -0.1) is 5.10 Å². The summed E-state index contributed by atoms with van der Waals surface area (Å²) in [4.78, 5) is 10.4. The number of aryl methyl sites for hydroxylation is 2. The van der Waals surface area contributed by atoms with Crippen molar-refractivity contribution in [3.05, 3.63) is 33.8 Å². The van der Waals surface area contributed by atoms with E-state index in [0.29, 0.717) is 6.54 Å². The largest absolute Gasteiger partial charge is 0.359 e. The first kappa shape index (κ1) is 12.1. The molecule has 2 rings (SSSR count). The van der Waals surface area contributed by atoms with Crippen LogP contribution in [0.4, 0.5) is 11.5 Å². The lowest BCUT2D eigenvalue weighted by molar-refractivity contribution is -0.384. The van der Waals surface area contributed by atoms with E-state index >= 15 is 0 Å². The lowest BCUT2D eigenvalue weighted by atomic mass is 10.2. The van der Waals surface area contributed by atoms with Gasteiger partial charge in [0.15, 0.2) is 0 Å². The van der Waals surface area contributed by atoms with Crippen LogP contribution in [0.1, 0.15) is 11.3 Å². The molecule has 0 aromatic carbocycles. The van der Waals surface area contributed by atoms with Crippen LogP contribution in [-0.4, -0.2) is 24.5 Å². The van der Waals surface area contributed by atoms with Gasteiger partial charge < -0.3 is 5.32 Å². The van der Waals surface area contributed by atoms with Gasteiger partial charge in [0.05, 0.1) is 11.1 Å². The molecule has 0 fully saturated rings. The van der Waals surface area contributed by atoms with Gasteiger partial charge in [0, 0.05) is 31.9 Å². The maximum absolute atomic E-state index is 10.8. The van der Waals surface area contributed by atoms with E-state index in [1.54, 1.807) is 17.9 Å². The van der Waals surface area contributed by atoms with Gasteiger partial charge in [-0.3, -0.25) is 19.5 Å². The molecule has 8 heteroatoms. The van der Waals surface area contributed by atoms with E-state index in [1.807, 2.05) is 14.0 Å². The Morgan fingerprint density at radius 2 is 2.22 bits per heavy atom. The fraction of sp³-hybridized carbons (Fsp3) is 0.400. The molecule has 0 bridgehead atoms. The average molecular weight is 250 g/mol. The summed E-state index contributed by atoms with van der Waals surface area (Å²) in [6, 6.07) is 0. The second-order valence-electron chi connectivity index (χ2n) is 4.03. The second kappa shape index (κ2) is 4.47. The number of hydrogen-bond donors (Lipinski definition) is 1. The average Bonchev–Trinajstić information content (AvgIpc) is 2.82. The van der Waals surface area contributed by atoms with E-state index in [1.165, 1.54) is 10.9 Å².